The summed E-state index contributed by atoms with van der Waals surface area (Å²) in [5, 5.41) is 8.12. The minimum Gasteiger partial charge on any atom is -0.464 e. The maximum absolute atomic E-state index is 12.9. The molecule has 1 aromatic carbocycles. The molecule has 3 aromatic rings. The Labute approximate surface area is 165 Å². The number of aromatic nitrogens is 3. The molecule has 28 heavy (non-hydrogen) atoms. The fourth-order valence-electron chi connectivity index (χ4n) is 2.76. The molecule has 0 fully saturated rings. The Bertz CT molecular complexity index is 1120. The average Bonchev–Trinajstić information content (AvgIpc) is 3.03. The van der Waals surface area contributed by atoms with E-state index in [1.54, 1.807) is 31.2 Å². The lowest BCUT2D eigenvalue weighted by Crippen LogP contribution is -2.29. The largest absolute Gasteiger partial charge is 0.464 e. The number of hydrogen-bond acceptors (Lipinski definition) is 7. The number of methoxy groups -OCH3 is 1. The third-order valence-electron chi connectivity index (χ3n) is 4.02. The summed E-state index contributed by atoms with van der Waals surface area (Å²) in [4.78, 5) is 42.0. The third kappa shape index (κ3) is 3.79. The number of rotatable bonds is 5. The molecule has 0 aliphatic carbocycles. The number of anilines is 1. The number of nitrogens with one attached hydrogen (secondary N) is 1. The fourth-order valence-corrected chi connectivity index (χ4v) is 3.56. The second-order valence-corrected chi connectivity index (χ2v) is 7.85. The van der Waals surface area contributed by atoms with E-state index in [1.165, 1.54) is 11.8 Å². The van der Waals surface area contributed by atoms with Gasteiger partial charge in [0.05, 0.1) is 12.5 Å². The Kier molecular flexibility index (Phi) is 5.55. The van der Waals surface area contributed by atoms with Crippen molar-refractivity contribution in [3.05, 3.63) is 50.9 Å². The predicted octanol–water partition coefficient (Wildman–Crippen LogP) is 2.86. The van der Waals surface area contributed by atoms with Crippen LogP contribution in [0.4, 0.5) is 5.13 Å². The van der Waals surface area contributed by atoms with Crippen LogP contribution in [0.25, 0.3) is 10.8 Å². The van der Waals surface area contributed by atoms with Crippen LogP contribution in [-0.4, -0.2) is 33.8 Å². The molecule has 8 nitrogen and oxygen atoms in total. The molecule has 0 saturated carbocycles. The highest BCUT2D eigenvalue weighted by atomic mass is 32.1. The van der Waals surface area contributed by atoms with Crippen LogP contribution in [0.5, 0.6) is 0 Å². The summed E-state index contributed by atoms with van der Waals surface area (Å²) in [6.07, 6.45) is 0. The summed E-state index contributed by atoms with van der Waals surface area (Å²) in [5.74, 6) is -0.881. The number of hydrogen-bond donors (Lipinski definition) is 1. The van der Waals surface area contributed by atoms with Gasteiger partial charge in [-0.1, -0.05) is 32.0 Å². The van der Waals surface area contributed by atoms with Crippen molar-refractivity contribution in [3.63, 3.8) is 0 Å². The molecule has 0 bridgehead atoms. The van der Waals surface area contributed by atoms with Crippen LogP contribution in [0.1, 0.15) is 39.7 Å². The van der Waals surface area contributed by atoms with Crippen LogP contribution >= 0.6 is 11.3 Å². The highest BCUT2D eigenvalue weighted by molar-refractivity contribution is 7.16. The van der Waals surface area contributed by atoms with E-state index in [4.69, 9.17) is 0 Å². The van der Waals surface area contributed by atoms with Gasteiger partial charge in [0, 0.05) is 16.8 Å². The van der Waals surface area contributed by atoms with Crippen molar-refractivity contribution in [2.24, 2.45) is 5.92 Å². The van der Waals surface area contributed by atoms with E-state index < -0.39 is 11.9 Å². The zero-order valence-electron chi connectivity index (χ0n) is 16.0. The van der Waals surface area contributed by atoms with Gasteiger partial charge in [-0.05, 0) is 18.9 Å². The van der Waals surface area contributed by atoms with Crippen LogP contribution in [0, 0.1) is 12.8 Å². The number of benzene rings is 1. The number of ether oxygens (including phenoxy) is 1. The summed E-state index contributed by atoms with van der Waals surface area (Å²) < 4.78 is 6.00. The maximum atomic E-state index is 12.9. The normalized spacial score (nSPS) is 11.0. The van der Waals surface area contributed by atoms with Crippen LogP contribution in [-0.2, 0) is 11.3 Å². The first-order valence-corrected chi connectivity index (χ1v) is 9.50. The van der Waals surface area contributed by atoms with Gasteiger partial charge in [0.1, 0.15) is 0 Å². The summed E-state index contributed by atoms with van der Waals surface area (Å²) in [5.41, 5.74) is 0.0487. The van der Waals surface area contributed by atoms with E-state index in [-0.39, 0.29) is 28.0 Å². The molecular weight excluding hydrogens is 380 g/mol. The Morgan fingerprint density at radius 3 is 2.54 bits per heavy atom. The molecule has 0 unspecified atom stereocenters. The van der Waals surface area contributed by atoms with Gasteiger partial charge in [-0.3, -0.25) is 14.9 Å². The van der Waals surface area contributed by atoms with E-state index in [0.717, 1.165) is 11.3 Å². The number of nitrogens with zero attached hydrogens (tertiary/aromatic N) is 3. The first-order chi connectivity index (χ1) is 13.3. The van der Waals surface area contributed by atoms with E-state index in [9.17, 15) is 14.4 Å². The first kappa shape index (κ1) is 19.7. The Morgan fingerprint density at radius 2 is 1.89 bits per heavy atom. The smallest absolute Gasteiger partial charge is 0.357 e. The van der Waals surface area contributed by atoms with E-state index in [2.05, 4.69) is 20.1 Å². The molecule has 1 N–H and O–H groups in total. The molecule has 0 atom stereocenters. The lowest BCUT2D eigenvalue weighted by atomic mass is 10.1. The van der Waals surface area contributed by atoms with Gasteiger partial charge < -0.3 is 4.74 Å². The maximum Gasteiger partial charge on any atom is 0.357 e. The molecule has 0 saturated heterocycles. The van der Waals surface area contributed by atoms with Crippen LogP contribution < -0.4 is 10.9 Å². The molecular formula is C19H20N4O4S. The Hall–Kier alpha value is -3.07. The van der Waals surface area contributed by atoms with E-state index in [1.807, 2.05) is 13.8 Å². The summed E-state index contributed by atoms with van der Waals surface area (Å²) in [7, 11) is 1.27. The third-order valence-corrected chi connectivity index (χ3v) is 4.90. The van der Waals surface area contributed by atoms with Gasteiger partial charge in [-0.2, -0.15) is 5.10 Å². The highest BCUT2D eigenvalue weighted by Gasteiger charge is 2.21. The number of amides is 1. The quantitative estimate of drug-likeness (QED) is 0.661. The molecule has 1 amide bonds. The van der Waals surface area contributed by atoms with Gasteiger partial charge >= 0.3 is 5.97 Å². The van der Waals surface area contributed by atoms with Crippen molar-refractivity contribution in [1.29, 1.82) is 0 Å². The van der Waals surface area contributed by atoms with Crippen LogP contribution in [0.3, 0.4) is 0 Å². The number of fused-ring (bicyclic) bond motifs is 1. The van der Waals surface area contributed by atoms with Crippen molar-refractivity contribution in [3.8, 4) is 0 Å². The molecule has 0 radical (unpaired) electrons. The fraction of sp³-hybridized carbons (Fsp3) is 0.316. The number of carbonyl (C=O) groups is 2. The average molecular weight is 400 g/mol. The van der Waals surface area contributed by atoms with Crippen molar-refractivity contribution in [1.82, 2.24) is 14.8 Å². The van der Waals surface area contributed by atoms with Gasteiger partial charge in [0.15, 0.2) is 16.5 Å². The minimum absolute atomic E-state index is 0.128. The van der Waals surface area contributed by atoms with Gasteiger partial charge in [-0.25, -0.2) is 14.5 Å². The highest BCUT2D eigenvalue weighted by Crippen LogP contribution is 2.24. The van der Waals surface area contributed by atoms with Gasteiger partial charge in [0.2, 0.25) is 0 Å². The Balaban J connectivity index is 2.03. The first-order valence-electron chi connectivity index (χ1n) is 8.68. The zero-order chi connectivity index (χ0) is 20.4. The standard InChI is InChI=1S/C19H20N4O4S/c1-10(2)9-23-17(25)13-8-6-5-7-12(13)15(22-23)16(24)21-19-20-14(11(3)28-19)18(26)27-4/h5-8,10H,9H2,1-4H3,(H,20,21,24). The lowest BCUT2D eigenvalue weighted by Gasteiger charge is -2.12. The molecule has 146 valence electrons. The molecule has 0 aliphatic rings. The second kappa shape index (κ2) is 7.89. The molecule has 9 heteroatoms. The SMILES string of the molecule is COC(=O)c1nc(NC(=O)c2nn(CC(C)C)c(=O)c3ccccc23)sc1C. The number of aryl methyl sites for hydroxylation is 1. The monoisotopic (exact) mass is 400 g/mol. The summed E-state index contributed by atoms with van der Waals surface area (Å²) in [6, 6.07) is 6.86. The van der Waals surface area contributed by atoms with Crippen molar-refractivity contribution in [2.75, 3.05) is 12.4 Å². The van der Waals surface area contributed by atoms with Gasteiger partial charge in [0.25, 0.3) is 11.5 Å². The number of carbonyl (C=O) groups excluding carboxylic acids is 2. The second-order valence-electron chi connectivity index (χ2n) is 6.64. The minimum atomic E-state index is -0.566. The number of thiazole rings is 1. The molecule has 2 aromatic heterocycles. The van der Waals surface area contributed by atoms with Crippen molar-refractivity contribution >= 4 is 39.1 Å². The van der Waals surface area contributed by atoms with E-state index in [0.29, 0.717) is 22.2 Å². The van der Waals surface area contributed by atoms with Crippen molar-refractivity contribution in [2.45, 2.75) is 27.3 Å². The topological polar surface area (TPSA) is 103 Å². The van der Waals surface area contributed by atoms with Crippen LogP contribution in [0.2, 0.25) is 0 Å². The molecule has 2 heterocycles. The Morgan fingerprint density at radius 1 is 1.21 bits per heavy atom. The van der Waals surface area contributed by atoms with Crippen molar-refractivity contribution < 1.29 is 14.3 Å². The summed E-state index contributed by atoms with van der Waals surface area (Å²) >= 11 is 1.16. The van der Waals surface area contributed by atoms with E-state index >= 15 is 0 Å². The number of esters is 1. The zero-order valence-corrected chi connectivity index (χ0v) is 16.8. The van der Waals surface area contributed by atoms with Gasteiger partial charge in [-0.15, -0.1) is 11.3 Å². The molecule has 0 aliphatic heterocycles. The predicted molar refractivity (Wildman–Crippen MR) is 107 cm³/mol. The summed E-state index contributed by atoms with van der Waals surface area (Å²) in [6.45, 7) is 6.05. The molecule has 3 rings (SSSR count). The lowest BCUT2D eigenvalue weighted by molar-refractivity contribution is 0.0594. The molecule has 0 spiro atoms. The van der Waals surface area contributed by atoms with Crippen LogP contribution in [0.15, 0.2) is 29.1 Å².